The number of nitrogens with zero attached hydrogens (tertiary/aromatic N) is 4. The topological polar surface area (TPSA) is 119 Å². The Morgan fingerprint density at radius 2 is 2.06 bits per heavy atom. The van der Waals surface area contributed by atoms with Crippen molar-refractivity contribution in [2.45, 2.75) is 31.6 Å². The monoisotopic (exact) mass is 425 g/mol. The molecule has 0 spiro atoms. The van der Waals surface area contributed by atoms with Gasteiger partial charge in [0, 0.05) is 44.6 Å². The van der Waals surface area contributed by atoms with Crippen LogP contribution in [0.15, 0.2) is 30.6 Å². The molecule has 2 aromatic heterocycles. The Bertz CT molecular complexity index is 967. The first-order chi connectivity index (χ1) is 15.0. The van der Waals surface area contributed by atoms with Crippen LogP contribution in [0.2, 0.25) is 0 Å². The number of rotatable bonds is 8. The number of hydrogen-bond acceptors (Lipinski definition) is 6. The van der Waals surface area contributed by atoms with E-state index in [0.717, 1.165) is 43.7 Å². The van der Waals surface area contributed by atoms with Crippen LogP contribution in [-0.2, 0) is 17.6 Å². The van der Waals surface area contributed by atoms with Gasteiger partial charge < -0.3 is 25.3 Å². The molecule has 9 nitrogen and oxygen atoms in total. The summed E-state index contributed by atoms with van der Waals surface area (Å²) >= 11 is 0. The SMILES string of the molecule is O=C(O)[C@@H](CN1CCN(CCCc2ccc3c(n2)NCCC3)C1=O)c1cncc(O)c1. The van der Waals surface area contributed by atoms with Gasteiger partial charge in [-0.3, -0.25) is 9.78 Å². The molecule has 4 heterocycles. The molecule has 2 aromatic rings. The number of aliphatic carboxylic acids is 1. The molecule has 31 heavy (non-hydrogen) atoms. The fraction of sp³-hybridized carbons (Fsp3) is 0.455. The largest absolute Gasteiger partial charge is 0.506 e. The molecule has 1 atom stereocenters. The predicted octanol–water partition coefficient (Wildman–Crippen LogP) is 2.08. The first-order valence-electron chi connectivity index (χ1n) is 10.6. The minimum absolute atomic E-state index is 0.0495. The summed E-state index contributed by atoms with van der Waals surface area (Å²) in [6.07, 6.45) is 6.43. The van der Waals surface area contributed by atoms with E-state index in [1.165, 1.54) is 24.0 Å². The van der Waals surface area contributed by atoms with Gasteiger partial charge in [0.15, 0.2) is 0 Å². The molecule has 0 aromatic carbocycles. The normalized spacial score (nSPS) is 16.7. The van der Waals surface area contributed by atoms with Gasteiger partial charge in [0.25, 0.3) is 0 Å². The van der Waals surface area contributed by atoms with Crippen LogP contribution < -0.4 is 5.32 Å². The Kier molecular flexibility index (Phi) is 6.20. The van der Waals surface area contributed by atoms with Gasteiger partial charge in [-0.1, -0.05) is 6.07 Å². The predicted molar refractivity (Wildman–Crippen MR) is 114 cm³/mol. The van der Waals surface area contributed by atoms with Crippen LogP contribution in [0.1, 0.15) is 35.6 Å². The van der Waals surface area contributed by atoms with Gasteiger partial charge in [-0.05, 0) is 48.9 Å². The summed E-state index contributed by atoms with van der Waals surface area (Å²) in [5.74, 6) is -1.10. The van der Waals surface area contributed by atoms with E-state index < -0.39 is 11.9 Å². The number of amides is 2. The number of hydrogen-bond donors (Lipinski definition) is 3. The maximum atomic E-state index is 12.8. The van der Waals surface area contributed by atoms with Gasteiger partial charge in [-0.2, -0.15) is 0 Å². The van der Waals surface area contributed by atoms with E-state index in [2.05, 4.69) is 22.4 Å². The summed E-state index contributed by atoms with van der Waals surface area (Å²) in [5, 5.41) is 22.6. The summed E-state index contributed by atoms with van der Waals surface area (Å²) in [4.78, 5) is 36.4. The van der Waals surface area contributed by atoms with E-state index in [1.807, 2.05) is 0 Å². The van der Waals surface area contributed by atoms with E-state index in [4.69, 9.17) is 4.98 Å². The maximum absolute atomic E-state index is 12.8. The number of pyridine rings is 2. The lowest BCUT2D eigenvalue weighted by Crippen LogP contribution is -2.36. The van der Waals surface area contributed by atoms with Gasteiger partial charge in [0.1, 0.15) is 17.5 Å². The van der Waals surface area contributed by atoms with Crippen molar-refractivity contribution in [3.05, 3.63) is 47.4 Å². The van der Waals surface area contributed by atoms with Gasteiger partial charge in [-0.15, -0.1) is 0 Å². The number of anilines is 1. The van der Waals surface area contributed by atoms with E-state index in [1.54, 1.807) is 9.80 Å². The van der Waals surface area contributed by atoms with E-state index in [-0.39, 0.29) is 18.3 Å². The average molecular weight is 425 g/mol. The van der Waals surface area contributed by atoms with E-state index in [9.17, 15) is 19.8 Å². The zero-order chi connectivity index (χ0) is 21.8. The van der Waals surface area contributed by atoms with Gasteiger partial charge in [0.05, 0.1) is 6.20 Å². The fourth-order valence-electron chi connectivity index (χ4n) is 4.15. The lowest BCUT2D eigenvalue weighted by molar-refractivity contribution is -0.139. The molecular weight excluding hydrogens is 398 g/mol. The smallest absolute Gasteiger partial charge is 0.320 e. The van der Waals surface area contributed by atoms with Crippen molar-refractivity contribution < 1.29 is 19.8 Å². The van der Waals surface area contributed by atoms with Crippen molar-refractivity contribution in [1.29, 1.82) is 0 Å². The molecule has 1 fully saturated rings. The standard InChI is InChI=1S/C22H27N5O4/c28-18-11-16(12-23-13-18)19(21(29)30)14-27-10-9-26(22(27)31)8-2-4-17-6-5-15-3-1-7-24-20(15)25-17/h5-6,11-13,19,28H,1-4,7-10,14H2,(H,24,25)(H,29,30)/t19-/m0/s1. The first kappa shape index (κ1) is 20.9. The zero-order valence-corrected chi connectivity index (χ0v) is 17.3. The van der Waals surface area contributed by atoms with Crippen molar-refractivity contribution >= 4 is 17.8 Å². The number of aromatic nitrogens is 2. The number of fused-ring (bicyclic) bond motifs is 1. The summed E-state index contributed by atoms with van der Waals surface area (Å²) in [6.45, 7) is 2.66. The second-order valence-corrected chi connectivity index (χ2v) is 8.03. The minimum Gasteiger partial charge on any atom is -0.506 e. The number of aryl methyl sites for hydroxylation is 2. The fourth-order valence-corrected chi connectivity index (χ4v) is 4.15. The number of carboxylic acids is 1. The van der Waals surface area contributed by atoms with Crippen LogP contribution in [0.3, 0.4) is 0 Å². The molecule has 2 aliphatic heterocycles. The molecule has 4 rings (SSSR count). The molecule has 0 saturated carbocycles. The third-order valence-corrected chi connectivity index (χ3v) is 5.84. The highest BCUT2D eigenvalue weighted by Crippen LogP contribution is 2.23. The highest BCUT2D eigenvalue weighted by Gasteiger charge is 2.32. The molecule has 0 unspecified atom stereocenters. The Labute approximate surface area is 180 Å². The molecule has 1 saturated heterocycles. The van der Waals surface area contributed by atoms with Crippen molar-refractivity contribution in [1.82, 2.24) is 19.8 Å². The number of nitrogens with one attached hydrogen (secondary N) is 1. The average Bonchev–Trinajstić information content (AvgIpc) is 3.11. The highest BCUT2D eigenvalue weighted by atomic mass is 16.4. The van der Waals surface area contributed by atoms with Crippen LogP contribution in [0.5, 0.6) is 5.75 Å². The zero-order valence-electron chi connectivity index (χ0n) is 17.3. The van der Waals surface area contributed by atoms with Crippen molar-refractivity contribution in [2.24, 2.45) is 0 Å². The van der Waals surface area contributed by atoms with Crippen LogP contribution in [-0.4, -0.2) is 74.7 Å². The molecule has 0 radical (unpaired) electrons. The molecule has 3 N–H and O–H groups in total. The summed E-state index contributed by atoms with van der Waals surface area (Å²) < 4.78 is 0. The number of carbonyl (C=O) groups is 2. The maximum Gasteiger partial charge on any atom is 0.320 e. The lowest BCUT2D eigenvalue weighted by Gasteiger charge is -2.22. The number of urea groups is 1. The van der Waals surface area contributed by atoms with Gasteiger partial charge in [-0.25, -0.2) is 9.78 Å². The molecule has 2 aliphatic rings. The Morgan fingerprint density at radius 1 is 1.23 bits per heavy atom. The molecule has 164 valence electrons. The van der Waals surface area contributed by atoms with E-state index in [0.29, 0.717) is 25.2 Å². The number of carboxylic acid groups (broad SMARTS) is 1. The van der Waals surface area contributed by atoms with Crippen molar-refractivity contribution in [3.8, 4) is 5.75 Å². The Morgan fingerprint density at radius 3 is 2.87 bits per heavy atom. The number of carbonyl (C=O) groups excluding carboxylic acids is 1. The molecule has 9 heteroatoms. The summed E-state index contributed by atoms with van der Waals surface area (Å²) in [7, 11) is 0. The second-order valence-electron chi connectivity index (χ2n) is 8.03. The van der Waals surface area contributed by atoms with Crippen LogP contribution in [0.4, 0.5) is 10.6 Å². The van der Waals surface area contributed by atoms with Crippen molar-refractivity contribution in [2.75, 3.05) is 38.0 Å². The van der Waals surface area contributed by atoms with Crippen LogP contribution in [0, 0.1) is 0 Å². The molecule has 0 aliphatic carbocycles. The third kappa shape index (κ3) is 4.87. The van der Waals surface area contributed by atoms with Crippen molar-refractivity contribution in [3.63, 3.8) is 0 Å². The highest BCUT2D eigenvalue weighted by molar-refractivity contribution is 5.80. The molecule has 2 amide bonds. The summed E-state index contributed by atoms with van der Waals surface area (Å²) in [5.41, 5.74) is 2.65. The van der Waals surface area contributed by atoms with Crippen LogP contribution >= 0.6 is 0 Å². The Balaban J connectivity index is 1.31. The molecular formula is C22H27N5O4. The third-order valence-electron chi connectivity index (χ3n) is 5.84. The second kappa shape index (κ2) is 9.20. The molecule has 0 bridgehead atoms. The van der Waals surface area contributed by atoms with Gasteiger partial charge in [0.2, 0.25) is 0 Å². The minimum atomic E-state index is -1.05. The van der Waals surface area contributed by atoms with Gasteiger partial charge >= 0.3 is 12.0 Å². The number of aromatic hydroxyl groups is 1. The first-order valence-corrected chi connectivity index (χ1v) is 10.6. The lowest BCUT2D eigenvalue weighted by atomic mass is 10.0. The summed E-state index contributed by atoms with van der Waals surface area (Å²) in [6, 6.07) is 5.42. The Hall–Kier alpha value is -3.36. The van der Waals surface area contributed by atoms with E-state index >= 15 is 0 Å². The quantitative estimate of drug-likeness (QED) is 0.592. The van der Waals surface area contributed by atoms with Crippen LogP contribution in [0.25, 0.3) is 0 Å².